The molecule has 0 spiro atoms. The van der Waals surface area contributed by atoms with Crippen LogP contribution in [0.15, 0.2) is 41.3 Å². The standard InChI is InChI=1S/C20H19N3O3S3/c1-11(2)29(25,26)14-6-4-13(5-7-14)10-17(24)23-20-22-15-8-9-16-18(19(15)28-20)21-12(3)27-16/h4-9,11H,10H2,1-3H3,(H,22,23,24). The first-order valence-electron chi connectivity index (χ1n) is 9.03. The summed E-state index contributed by atoms with van der Waals surface area (Å²) in [7, 11) is -3.32. The molecule has 9 heteroatoms. The van der Waals surface area contributed by atoms with Crippen LogP contribution in [-0.2, 0) is 21.1 Å². The third-order valence-electron chi connectivity index (χ3n) is 4.50. The summed E-state index contributed by atoms with van der Waals surface area (Å²) >= 11 is 3.04. The minimum Gasteiger partial charge on any atom is -0.302 e. The lowest BCUT2D eigenvalue weighted by Gasteiger charge is -2.08. The van der Waals surface area contributed by atoms with E-state index >= 15 is 0 Å². The van der Waals surface area contributed by atoms with Gasteiger partial charge < -0.3 is 5.32 Å². The number of hydrogen-bond acceptors (Lipinski definition) is 7. The molecule has 29 heavy (non-hydrogen) atoms. The van der Waals surface area contributed by atoms with Gasteiger partial charge in [-0.1, -0.05) is 23.5 Å². The number of benzene rings is 2. The number of carbonyl (C=O) groups is 1. The van der Waals surface area contributed by atoms with Crippen LogP contribution in [0, 0.1) is 6.92 Å². The Kier molecular flexibility index (Phi) is 5.14. The molecule has 1 amide bonds. The van der Waals surface area contributed by atoms with E-state index in [1.54, 1.807) is 49.4 Å². The maximum atomic E-state index is 12.4. The molecule has 0 bridgehead atoms. The highest BCUT2D eigenvalue weighted by Crippen LogP contribution is 2.34. The van der Waals surface area contributed by atoms with Gasteiger partial charge in [0.2, 0.25) is 5.91 Å². The SMILES string of the molecule is Cc1nc2c(ccc3nc(NC(=O)Cc4ccc(S(=O)(=O)C(C)C)cc4)sc32)s1. The summed E-state index contributed by atoms with van der Waals surface area (Å²) in [4.78, 5) is 21.8. The number of rotatable bonds is 5. The number of anilines is 1. The highest BCUT2D eigenvalue weighted by atomic mass is 32.2. The van der Waals surface area contributed by atoms with Crippen molar-refractivity contribution in [3.63, 3.8) is 0 Å². The predicted molar refractivity (Wildman–Crippen MR) is 119 cm³/mol. The third kappa shape index (κ3) is 3.90. The minimum absolute atomic E-state index is 0.142. The number of sulfone groups is 1. The molecule has 0 atom stereocenters. The minimum atomic E-state index is -3.32. The summed E-state index contributed by atoms with van der Waals surface area (Å²) in [6.07, 6.45) is 0.142. The normalized spacial score (nSPS) is 12.1. The summed E-state index contributed by atoms with van der Waals surface area (Å²) in [5.74, 6) is -0.200. The lowest BCUT2D eigenvalue weighted by molar-refractivity contribution is -0.115. The van der Waals surface area contributed by atoms with Crippen molar-refractivity contribution < 1.29 is 13.2 Å². The average Bonchev–Trinajstić information content (AvgIpc) is 3.23. The topological polar surface area (TPSA) is 89.0 Å². The van der Waals surface area contributed by atoms with Gasteiger partial charge >= 0.3 is 0 Å². The maximum Gasteiger partial charge on any atom is 0.230 e. The Bertz CT molecular complexity index is 1320. The molecule has 6 nitrogen and oxygen atoms in total. The Hall–Kier alpha value is -2.36. The quantitative estimate of drug-likeness (QED) is 0.486. The van der Waals surface area contributed by atoms with E-state index in [1.165, 1.54) is 11.3 Å². The van der Waals surface area contributed by atoms with Crippen molar-refractivity contribution in [3.8, 4) is 0 Å². The van der Waals surface area contributed by atoms with Crippen molar-refractivity contribution in [1.29, 1.82) is 0 Å². The van der Waals surface area contributed by atoms with Crippen LogP contribution in [0.3, 0.4) is 0 Å². The fraction of sp³-hybridized carbons (Fsp3) is 0.250. The molecule has 2 aromatic heterocycles. The Morgan fingerprint density at radius 3 is 2.48 bits per heavy atom. The molecule has 1 N–H and O–H groups in total. The lowest BCUT2D eigenvalue weighted by atomic mass is 10.1. The van der Waals surface area contributed by atoms with Crippen molar-refractivity contribution in [1.82, 2.24) is 9.97 Å². The largest absolute Gasteiger partial charge is 0.302 e. The van der Waals surface area contributed by atoms with Crippen LogP contribution in [0.1, 0.15) is 24.4 Å². The number of nitrogens with zero attached hydrogens (tertiary/aromatic N) is 2. The summed E-state index contributed by atoms with van der Waals surface area (Å²) in [5.41, 5.74) is 2.47. The molecule has 0 fully saturated rings. The highest BCUT2D eigenvalue weighted by Gasteiger charge is 2.19. The first kappa shape index (κ1) is 19.9. The van der Waals surface area contributed by atoms with E-state index in [1.807, 2.05) is 19.1 Å². The van der Waals surface area contributed by atoms with E-state index in [-0.39, 0.29) is 17.2 Å². The molecular weight excluding hydrogens is 426 g/mol. The number of nitrogens with one attached hydrogen (secondary N) is 1. The maximum absolute atomic E-state index is 12.4. The predicted octanol–water partition coefficient (Wildman–Crippen LogP) is 4.58. The zero-order valence-electron chi connectivity index (χ0n) is 16.1. The van der Waals surface area contributed by atoms with Crippen LogP contribution in [0.4, 0.5) is 5.13 Å². The molecule has 4 aromatic rings. The van der Waals surface area contributed by atoms with Gasteiger partial charge in [-0.05, 0) is 50.6 Å². The highest BCUT2D eigenvalue weighted by molar-refractivity contribution is 7.92. The molecular formula is C20H19N3O3S3. The van der Waals surface area contributed by atoms with Gasteiger partial charge in [0.25, 0.3) is 0 Å². The van der Waals surface area contributed by atoms with Crippen LogP contribution < -0.4 is 5.32 Å². The molecule has 0 saturated heterocycles. The number of thiazole rings is 2. The van der Waals surface area contributed by atoms with Crippen LogP contribution in [0.2, 0.25) is 0 Å². The molecule has 0 radical (unpaired) electrons. The van der Waals surface area contributed by atoms with E-state index in [0.717, 1.165) is 31.0 Å². The molecule has 4 rings (SSSR count). The van der Waals surface area contributed by atoms with Crippen molar-refractivity contribution >= 4 is 64.0 Å². The van der Waals surface area contributed by atoms with Crippen molar-refractivity contribution in [2.45, 2.75) is 37.3 Å². The van der Waals surface area contributed by atoms with E-state index in [0.29, 0.717) is 5.13 Å². The molecule has 0 aliphatic heterocycles. The molecule has 2 aromatic carbocycles. The third-order valence-corrected chi connectivity index (χ3v) is 8.60. The van der Waals surface area contributed by atoms with E-state index in [4.69, 9.17) is 0 Å². The summed E-state index contributed by atoms with van der Waals surface area (Å²) in [5, 5.41) is 3.88. The smallest absolute Gasteiger partial charge is 0.230 e. The lowest BCUT2D eigenvalue weighted by Crippen LogP contribution is -2.15. The zero-order chi connectivity index (χ0) is 20.8. The second kappa shape index (κ2) is 7.47. The van der Waals surface area contributed by atoms with Gasteiger partial charge in [0.05, 0.1) is 36.5 Å². The van der Waals surface area contributed by atoms with Gasteiger partial charge in [-0.3, -0.25) is 4.79 Å². The monoisotopic (exact) mass is 445 g/mol. The fourth-order valence-electron chi connectivity index (χ4n) is 2.96. The van der Waals surface area contributed by atoms with Crippen molar-refractivity contribution in [3.05, 3.63) is 47.0 Å². The Balaban J connectivity index is 1.50. The summed E-state index contributed by atoms with van der Waals surface area (Å²) in [6, 6.07) is 10.4. The second-order valence-electron chi connectivity index (χ2n) is 6.98. The first-order valence-corrected chi connectivity index (χ1v) is 12.2. The fourth-order valence-corrected chi connectivity index (χ4v) is 5.89. The summed E-state index contributed by atoms with van der Waals surface area (Å²) in [6.45, 7) is 5.27. The van der Waals surface area contributed by atoms with Gasteiger partial charge in [0.1, 0.15) is 5.52 Å². The van der Waals surface area contributed by atoms with Crippen LogP contribution >= 0.6 is 22.7 Å². The Morgan fingerprint density at radius 1 is 1.07 bits per heavy atom. The number of aromatic nitrogens is 2. The van der Waals surface area contributed by atoms with Crippen molar-refractivity contribution in [2.24, 2.45) is 0 Å². The van der Waals surface area contributed by atoms with E-state index in [2.05, 4.69) is 15.3 Å². The Labute approximate surface area is 176 Å². The number of carbonyl (C=O) groups excluding carboxylic acids is 1. The molecule has 2 heterocycles. The number of hydrogen-bond donors (Lipinski definition) is 1. The van der Waals surface area contributed by atoms with Crippen LogP contribution in [-0.4, -0.2) is 29.5 Å². The van der Waals surface area contributed by atoms with Gasteiger partial charge in [-0.2, -0.15) is 0 Å². The molecule has 0 saturated carbocycles. The molecule has 0 aliphatic carbocycles. The van der Waals surface area contributed by atoms with Gasteiger partial charge in [-0.15, -0.1) is 11.3 Å². The molecule has 0 aliphatic rings. The molecule has 0 unspecified atom stereocenters. The number of fused-ring (bicyclic) bond motifs is 3. The zero-order valence-corrected chi connectivity index (χ0v) is 18.5. The van der Waals surface area contributed by atoms with Gasteiger partial charge in [-0.25, -0.2) is 18.4 Å². The number of amides is 1. The Morgan fingerprint density at radius 2 is 1.79 bits per heavy atom. The number of aryl methyl sites for hydroxylation is 1. The average molecular weight is 446 g/mol. The van der Waals surface area contributed by atoms with Gasteiger partial charge in [0.15, 0.2) is 15.0 Å². The van der Waals surface area contributed by atoms with E-state index in [9.17, 15) is 13.2 Å². The summed E-state index contributed by atoms with van der Waals surface area (Å²) < 4.78 is 26.5. The molecule has 150 valence electrons. The van der Waals surface area contributed by atoms with Crippen molar-refractivity contribution in [2.75, 3.05) is 5.32 Å². The van der Waals surface area contributed by atoms with E-state index < -0.39 is 15.1 Å². The van der Waals surface area contributed by atoms with Gasteiger partial charge in [0, 0.05) is 0 Å². The second-order valence-corrected chi connectivity index (χ2v) is 11.7. The first-order chi connectivity index (χ1) is 13.7. The van der Waals surface area contributed by atoms with Crippen LogP contribution in [0.5, 0.6) is 0 Å². The van der Waals surface area contributed by atoms with Crippen LogP contribution in [0.25, 0.3) is 20.4 Å².